The predicted molar refractivity (Wildman–Crippen MR) is 83.2 cm³/mol. The van der Waals surface area contributed by atoms with Crippen LogP contribution in [0.25, 0.3) is 0 Å². The Bertz CT molecular complexity index is 494. The molecule has 0 saturated heterocycles. The van der Waals surface area contributed by atoms with Crippen LogP contribution in [-0.4, -0.2) is 29.6 Å². The molecule has 1 aromatic carbocycles. The fourth-order valence-corrected chi connectivity index (χ4v) is 2.04. The van der Waals surface area contributed by atoms with Crippen molar-refractivity contribution in [1.29, 1.82) is 0 Å². The number of halogens is 1. The molecule has 3 N–H and O–H groups in total. The first-order chi connectivity index (χ1) is 10.5. The average molecular weight is 310 g/mol. The molecule has 0 spiro atoms. The largest absolute Gasteiger partial charge is 0.480 e. The van der Waals surface area contributed by atoms with Crippen LogP contribution in [-0.2, 0) is 9.59 Å². The number of amides is 1. The Morgan fingerprint density at radius 2 is 2.05 bits per heavy atom. The lowest BCUT2D eigenvalue weighted by molar-refractivity contribution is -0.141. The second-order valence-electron chi connectivity index (χ2n) is 5.17. The third-order valence-electron chi connectivity index (χ3n) is 3.22. The summed E-state index contributed by atoms with van der Waals surface area (Å²) < 4.78 is 13.0. The fraction of sp³-hybridized carbons (Fsp3) is 0.500. The maximum atomic E-state index is 13.0. The number of rotatable bonds is 10. The van der Waals surface area contributed by atoms with Gasteiger partial charge in [0.1, 0.15) is 11.9 Å². The number of anilines is 1. The number of nitrogens with one attached hydrogen (secondary N) is 2. The van der Waals surface area contributed by atoms with Crippen molar-refractivity contribution < 1.29 is 19.1 Å². The van der Waals surface area contributed by atoms with Crippen molar-refractivity contribution in [2.45, 2.75) is 45.1 Å². The standard InChI is InChI=1S/C16H23FN2O3/c1-2-3-4-5-9-18-14(16(21)22)11-15(20)19-13-8-6-7-12(17)10-13/h6-8,10,14,18H,2-5,9,11H2,1H3,(H,19,20)(H,21,22). The molecule has 0 fully saturated rings. The minimum Gasteiger partial charge on any atom is -0.480 e. The number of carbonyl (C=O) groups excluding carboxylic acids is 1. The zero-order chi connectivity index (χ0) is 16.4. The molecule has 0 bridgehead atoms. The van der Waals surface area contributed by atoms with E-state index >= 15 is 0 Å². The van der Waals surface area contributed by atoms with Gasteiger partial charge in [-0.2, -0.15) is 0 Å². The van der Waals surface area contributed by atoms with Crippen LogP contribution in [0.4, 0.5) is 10.1 Å². The van der Waals surface area contributed by atoms with Crippen LogP contribution in [0.3, 0.4) is 0 Å². The van der Waals surface area contributed by atoms with E-state index in [4.69, 9.17) is 5.11 Å². The topological polar surface area (TPSA) is 78.4 Å². The van der Waals surface area contributed by atoms with Crippen molar-refractivity contribution in [3.05, 3.63) is 30.1 Å². The summed E-state index contributed by atoms with van der Waals surface area (Å²) in [5.41, 5.74) is 0.317. The summed E-state index contributed by atoms with van der Waals surface area (Å²) in [4.78, 5) is 23.0. The second-order valence-corrected chi connectivity index (χ2v) is 5.17. The Labute approximate surface area is 129 Å². The molecular formula is C16H23FN2O3. The average Bonchev–Trinajstić information content (AvgIpc) is 2.45. The quantitative estimate of drug-likeness (QED) is 0.581. The van der Waals surface area contributed by atoms with E-state index in [1.165, 1.54) is 18.2 Å². The van der Waals surface area contributed by atoms with Crippen LogP contribution < -0.4 is 10.6 Å². The first-order valence-corrected chi connectivity index (χ1v) is 7.54. The molecule has 1 amide bonds. The van der Waals surface area contributed by atoms with Crippen LogP contribution in [0.15, 0.2) is 24.3 Å². The summed E-state index contributed by atoms with van der Waals surface area (Å²) in [6, 6.07) is 4.55. The molecule has 122 valence electrons. The number of carbonyl (C=O) groups is 2. The smallest absolute Gasteiger partial charge is 0.321 e. The number of carboxylic acids is 1. The normalized spacial score (nSPS) is 11.9. The lowest BCUT2D eigenvalue weighted by atomic mass is 10.1. The van der Waals surface area contributed by atoms with Crippen molar-refractivity contribution in [3.8, 4) is 0 Å². The fourth-order valence-electron chi connectivity index (χ4n) is 2.04. The molecule has 0 aliphatic rings. The lowest BCUT2D eigenvalue weighted by Crippen LogP contribution is -2.40. The number of carboxylic acid groups (broad SMARTS) is 1. The van der Waals surface area contributed by atoms with Crippen molar-refractivity contribution >= 4 is 17.6 Å². The Kier molecular flexibility index (Phi) is 8.14. The van der Waals surface area contributed by atoms with Crippen molar-refractivity contribution in [1.82, 2.24) is 5.32 Å². The number of hydrogen-bond acceptors (Lipinski definition) is 3. The monoisotopic (exact) mass is 310 g/mol. The van der Waals surface area contributed by atoms with E-state index in [2.05, 4.69) is 17.6 Å². The van der Waals surface area contributed by atoms with Gasteiger partial charge in [0.05, 0.1) is 6.42 Å². The summed E-state index contributed by atoms with van der Waals surface area (Å²) in [5, 5.41) is 14.5. The first-order valence-electron chi connectivity index (χ1n) is 7.54. The van der Waals surface area contributed by atoms with Gasteiger partial charge in [-0.05, 0) is 31.2 Å². The highest BCUT2D eigenvalue weighted by atomic mass is 19.1. The molecule has 0 aliphatic carbocycles. The van der Waals surface area contributed by atoms with E-state index in [1.54, 1.807) is 6.07 Å². The van der Waals surface area contributed by atoms with E-state index < -0.39 is 23.7 Å². The van der Waals surface area contributed by atoms with Gasteiger partial charge in [0.25, 0.3) is 0 Å². The lowest BCUT2D eigenvalue weighted by Gasteiger charge is -2.14. The van der Waals surface area contributed by atoms with E-state index in [-0.39, 0.29) is 6.42 Å². The summed E-state index contributed by atoms with van der Waals surface area (Å²) >= 11 is 0. The number of hydrogen-bond donors (Lipinski definition) is 3. The van der Waals surface area contributed by atoms with Gasteiger partial charge in [-0.1, -0.05) is 32.3 Å². The molecule has 6 heteroatoms. The molecule has 1 unspecified atom stereocenters. The minimum absolute atomic E-state index is 0.195. The van der Waals surface area contributed by atoms with Crippen molar-refractivity contribution in [3.63, 3.8) is 0 Å². The molecule has 0 saturated carbocycles. The van der Waals surface area contributed by atoms with E-state index in [0.29, 0.717) is 12.2 Å². The maximum absolute atomic E-state index is 13.0. The van der Waals surface area contributed by atoms with Gasteiger partial charge in [-0.3, -0.25) is 9.59 Å². The summed E-state index contributed by atoms with van der Waals surface area (Å²) in [6.07, 6.45) is 3.94. The number of unbranched alkanes of at least 4 members (excludes halogenated alkanes) is 3. The highest BCUT2D eigenvalue weighted by Crippen LogP contribution is 2.10. The Balaban J connectivity index is 2.41. The van der Waals surface area contributed by atoms with Gasteiger partial charge in [0.15, 0.2) is 0 Å². The molecule has 1 atom stereocenters. The zero-order valence-corrected chi connectivity index (χ0v) is 12.8. The molecule has 0 heterocycles. The van der Waals surface area contributed by atoms with Gasteiger partial charge in [-0.15, -0.1) is 0 Å². The molecular weight excluding hydrogens is 287 g/mol. The molecule has 0 aromatic heterocycles. The zero-order valence-electron chi connectivity index (χ0n) is 12.8. The van der Waals surface area contributed by atoms with Gasteiger partial charge in [-0.25, -0.2) is 4.39 Å². The molecule has 5 nitrogen and oxygen atoms in total. The third-order valence-corrected chi connectivity index (χ3v) is 3.22. The molecule has 1 aromatic rings. The number of aliphatic carboxylic acids is 1. The van der Waals surface area contributed by atoms with Gasteiger partial charge in [0.2, 0.25) is 5.91 Å². The highest BCUT2D eigenvalue weighted by Gasteiger charge is 2.20. The molecule has 22 heavy (non-hydrogen) atoms. The minimum atomic E-state index is -1.06. The van der Waals surface area contributed by atoms with E-state index in [9.17, 15) is 14.0 Å². The van der Waals surface area contributed by atoms with Crippen LogP contribution in [0.5, 0.6) is 0 Å². The SMILES string of the molecule is CCCCCCNC(CC(=O)Nc1cccc(F)c1)C(=O)O. The number of benzene rings is 1. The third kappa shape index (κ3) is 7.17. The Hall–Kier alpha value is -1.95. The van der Waals surface area contributed by atoms with E-state index in [0.717, 1.165) is 25.7 Å². The van der Waals surface area contributed by atoms with Crippen LogP contribution in [0.2, 0.25) is 0 Å². The van der Waals surface area contributed by atoms with Crippen LogP contribution in [0, 0.1) is 5.82 Å². The van der Waals surface area contributed by atoms with Crippen molar-refractivity contribution in [2.75, 3.05) is 11.9 Å². The van der Waals surface area contributed by atoms with Crippen LogP contribution >= 0.6 is 0 Å². The Morgan fingerprint density at radius 1 is 1.27 bits per heavy atom. The predicted octanol–water partition coefficient (Wildman–Crippen LogP) is 2.78. The first kappa shape index (κ1) is 18.1. The molecule has 1 rings (SSSR count). The maximum Gasteiger partial charge on any atom is 0.321 e. The van der Waals surface area contributed by atoms with Crippen LogP contribution in [0.1, 0.15) is 39.0 Å². The highest BCUT2D eigenvalue weighted by molar-refractivity contribution is 5.94. The van der Waals surface area contributed by atoms with E-state index in [1.807, 2.05) is 0 Å². The van der Waals surface area contributed by atoms with Crippen molar-refractivity contribution in [2.24, 2.45) is 0 Å². The van der Waals surface area contributed by atoms with Gasteiger partial charge in [0, 0.05) is 5.69 Å². The molecule has 0 aliphatic heterocycles. The Morgan fingerprint density at radius 3 is 2.68 bits per heavy atom. The summed E-state index contributed by atoms with van der Waals surface area (Å²) in [7, 11) is 0. The van der Waals surface area contributed by atoms with Gasteiger partial charge < -0.3 is 15.7 Å². The summed E-state index contributed by atoms with van der Waals surface area (Å²) in [6.45, 7) is 2.66. The molecule has 0 radical (unpaired) electrons. The summed E-state index contributed by atoms with van der Waals surface area (Å²) in [5.74, 6) is -1.98. The second kappa shape index (κ2) is 9.89. The van der Waals surface area contributed by atoms with Gasteiger partial charge >= 0.3 is 5.97 Å².